The lowest BCUT2D eigenvalue weighted by atomic mass is 9.88. The van der Waals surface area contributed by atoms with Gasteiger partial charge in [-0.3, -0.25) is 5.01 Å². The lowest BCUT2D eigenvalue weighted by molar-refractivity contribution is 0.121. The van der Waals surface area contributed by atoms with Crippen molar-refractivity contribution in [2.24, 2.45) is 10.5 Å². The second kappa shape index (κ2) is 3.30. The van der Waals surface area contributed by atoms with E-state index in [1.54, 1.807) is 0 Å². The molecular weight excluding hydrogens is 211 g/mol. The first-order valence-corrected chi connectivity index (χ1v) is 4.86. The number of hydrazone groups is 1. The molecule has 0 saturated carbocycles. The van der Waals surface area contributed by atoms with Crippen LogP contribution in [0, 0.1) is 5.41 Å². The predicted molar refractivity (Wildman–Crippen MR) is 55.1 cm³/mol. The van der Waals surface area contributed by atoms with E-state index in [0.29, 0.717) is 12.3 Å². The summed E-state index contributed by atoms with van der Waals surface area (Å²) in [7, 11) is 0. The summed E-state index contributed by atoms with van der Waals surface area (Å²) in [5, 5.41) is 14.5. The first-order valence-electron chi connectivity index (χ1n) is 4.10. The van der Waals surface area contributed by atoms with Gasteiger partial charge in [0, 0.05) is 5.41 Å². The number of nitrogens with zero attached hydrogens (tertiary/aromatic N) is 2. The maximum atomic E-state index is 8.88. The normalized spacial score (nSPS) is 22.0. The van der Waals surface area contributed by atoms with Crippen molar-refractivity contribution < 1.29 is 5.11 Å². The first kappa shape index (κ1) is 11.1. The predicted octanol–water partition coefficient (Wildman–Crippen LogP) is 1.83. The Kier molecular flexibility index (Phi) is 2.81. The molecule has 1 aliphatic rings. The zero-order valence-corrected chi connectivity index (χ0v) is 9.52. The fraction of sp³-hybridized carbons (Fsp3) is 0.875. The SMILES string of the molecule is CC(C)(C)C1=NN(CO)CC1(Cl)Cl. The standard InChI is InChI=1S/C8H14Cl2N2O/c1-7(2,3)6-8(9,10)4-12(5-13)11-6/h13H,4-5H2,1-3H3. The van der Waals surface area contributed by atoms with Gasteiger partial charge in [-0.25, -0.2) is 0 Å². The van der Waals surface area contributed by atoms with Gasteiger partial charge in [0.2, 0.25) is 0 Å². The summed E-state index contributed by atoms with van der Waals surface area (Å²) in [6.07, 6.45) is 0. The number of rotatable bonds is 1. The molecule has 1 N–H and O–H groups in total. The van der Waals surface area contributed by atoms with Crippen LogP contribution < -0.4 is 0 Å². The number of hydrogen-bond acceptors (Lipinski definition) is 3. The molecule has 0 bridgehead atoms. The number of alkyl halides is 2. The van der Waals surface area contributed by atoms with Crippen molar-refractivity contribution >= 4 is 28.9 Å². The van der Waals surface area contributed by atoms with Crippen LogP contribution in [0.3, 0.4) is 0 Å². The maximum absolute atomic E-state index is 8.88. The van der Waals surface area contributed by atoms with Gasteiger partial charge < -0.3 is 5.11 Å². The van der Waals surface area contributed by atoms with Crippen LogP contribution in [0.5, 0.6) is 0 Å². The Morgan fingerprint density at radius 2 is 2.08 bits per heavy atom. The molecule has 0 amide bonds. The topological polar surface area (TPSA) is 35.8 Å². The van der Waals surface area contributed by atoms with Crippen molar-refractivity contribution in [3.63, 3.8) is 0 Å². The summed E-state index contributed by atoms with van der Waals surface area (Å²) in [6, 6.07) is 0. The zero-order chi connectivity index (χ0) is 10.3. The van der Waals surface area contributed by atoms with Gasteiger partial charge in [0.25, 0.3) is 0 Å². The summed E-state index contributed by atoms with van der Waals surface area (Å²) in [5.41, 5.74) is 0.533. The first-order chi connectivity index (χ1) is 5.77. The van der Waals surface area contributed by atoms with E-state index < -0.39 is 4.33 Å². The van der Waals surface area contributed by atoms with Gasteiger partial charge in [0.05, 0.1) is 12.3 Å². The van der Waals surface area contributed by atoms with Crippen molar-refractivity contribution in [2.45, 2.75) is 25.1 Å². The summed E-state index contributed by atoms with van der Waals surface area (Å²) >= 11 is 12.1. The molecule has 76 valence electrons. The smallest absolute Gasteiger partial charge is 0.177 e. The number of aliphatic hydroxyl groups is 1. The molecule has 0 unspecified atom stereocenters. The zero-order valence-electron chi connectivity index (χ0n) is 8.01. The summed E-state index contributed by atoms with van der Waals surface area (Å²) in [6.45, 7) is 6.17. The van der Waals surface area contributed by atoms with Crippen molar-refractivity contribution in [2.75, 3.05) is 13.3 Å². The minimum Gasteiger partial charge on any atom is -0.375 e. The van der Waals surface area contributed by atoms with Crippen molar-refractivity contribution in [1.82, 2.24) is 5.01 Å². The van der Waals surface area contributed by atoms with Crippen LogP contribution in [0.25, 0.3) is 0 Å². The Morgan fingerprint density at radius 1 is 1.54 bits per heavy atom. The van der Waals surface area contributed by atoms with E-state index in [0.717, 1.165) is 0 Å². The number of aliphatic hydroxyl groups excluding tert-OH is 1. The Balaban J connectivity index is 2.93. The second-order valence-corrected chi connectivity index (χ2v) is 5.69. The van der Waals surface area contributed by atoms with Crippen LogP contribution in [0.4, 0.5) is 0 Å². The lowest BCUT2D eigenvalue weighted by Gasteiger charge is -2.24. The van der Waals surface area contributed by atoms with Crippen molar-refractivity contribution in [3.8, 4) is 0 Å². The minimum absolute atomic E-state index is 0.152. The molecule has 5 heteroatoms. The molecule has 1 aliphatic heterocycles. The highest BCUT2D eigenvalue weighted by Gasteiger charge is 2.44. The van der Waals surface area contributed by atoms with E-state index in [1.807, 2.05) is 20.8 Å². The molecule has 0 saturated heterocycles. The van der Waals surface area contributed by atoms with Crippen LogP contribution in [0.15, 0.2) is 5.10 Å². The molecule has 3 nitrogen and oxygen atoms in total. The van der Waals surface area contributed by atoms with E-state index in [1.165, 1.54) is 5.01 Å². The lowest BCUT2D eigenvalue weighted by Crippen LogP contribution is -2.36. The van der Waals surface area contributed by atoms with Crippen LogP contribution in [-0.2, 0) is 0 Å². The molecule has 0 spiro atoms. The molecule has 0 fully saturated rings. The van der Waals surface area contributed by atoms with E-state index in [-0.39, 0.29) is 12.1 Å². The molecule has 1 heterocycles. The molecule has 0 atom stereocenters. The van der Waals surface area contributed by atoms with Crippen LogP contribution in [0.1, 0.15) is 20.8 Å². The van der Waals surface area contributed by atoms with Gasteiger partial charge in [0.1, 0.15) is 6.73 Å². The highest BCUT2D eigenvalue weighted by atomic mass is 35.5. The largest absolute Gasteiger partial charge is 0.375 e. The molecule has 0 radical (unpaired) electrons. The third-order valence-corrected chi connectivity index (χ3v) is 2.44. The molecule has 0 aliphatic carbocycles. The van der Waals surface area contributed by atoms with E-state index in [9.17, 15) is 0 Å². The van der Waals surface area contributed by atoms with Crippen LogP contribution in [-0.4, -0.2) is 33.4 Å². The van der Waals surface area contributed by atoms with Crippen LogP contribution >= 0.6 is 23.2 Å². The molecular formula is C8H14Cl2N2O. The monoisotopic (exact) mass is 224 g/mol. The van der Waals surface area contributed by atoms with E-state index >= 15 is 0 Å². The number of hydrogen-bond donors (Lipinski definition) is 1. The third kappa shape index (κ3) is 2.27. The molecule has 13 heavy (non-hydrogen) atoms. The Labute approximate surface area is 88.3 Å². The van der Waals surface area contributed by atoms with Gasteiger partial charge in [-0.15, -0.1) is 0 Å². The van der Waals surface area contributed by atoms with Gasteiger partial charge in [-0.05, 0) is 0 Å². The van der Waals surface area contributed by atoms with Crippen molar-refractivity contribution in [3.05, 3.63) is 0 Å². The van der Waals surface area contributed by atoms with Gasteiger partial charge in [0.15, 0.2) is 4.33 Å². The fourth-order valence-corrected chi connectivity index (χ4v) is 2.25. The average Bonchev–Trinajstić information content (AvgIpc) is 2.24. The van der Waals surface area contributed by atoms with Gasteiger partial charge in [-0.1, -0.05) is 44.0 Å². The third-order valence-electron chi connectivity index (χ3n) is 1.84. The minimum atomic E-state index is -0.971. The quantitative estimate of drug-likeness (QED) is 0.691. The molecule has 0 aromatic heterocycles. The summed E-state index contributed by atoms with van der Waals surface area (Å²) in [4.78, 5) is 0. The van der Waals surface area contributed by atoms with Crippen molar-refractivity contribution in [1.29, 1.82) is 0 Å². The van der Waals surface area contributed by atoms with E-state index in [4.69, 9.17) is 28.3 Å². The Morgan fingerprint density at radius 3 is 2.31 bits per heavy atom. The molecule has 0 aromatic rings. The fourth-order valence-electron chi connectivity index (χ4n) is 1.33. The summed E-state index contributed by atoms with van der Waals surface area (Å²) in [5.74, 6) is 0. The van der Waals surface area contributed by atoms with E-state index in [2.05, 4.69) is 5.10 Å². The molecule has 0 aromatic carbocycles. The second-order valence-electron chi connectivity index (χ2n) is 4.21. The maximum Gasteiger partial charge on any atom is 0.177 e. The summed E-state index contributed by atoms with van der Waals surface area (Å²) < 4.78 is -0.971. The Bertz CT molecular complexity index is 233. The van der Waals surface area contributed by atoms with Crippen LogP contribution in [0.2, 0.25) is 0 Å². The van der Waals surface area contributed by atoms with Gasteiger partial charge >= 0.3 is 0 Å². The van der Waals surface area contributed by atoms with Gasteiger partial charge in [-0.2, -0.15) is 5.10 Å². The Hall–Kier alpha value is 0.01000. The highest BCUT2D eigenvalue weighted by molar-refractivity contribution is 6.60. The average molecular weight is 225 g/mol. The number of halogens is 2. The highest BCUT2D eigenvalue weighted by Crippen LogP contribution is 2.37. The molecule has 1 rings (SSSR count).